The average Bonchev–Trinajstić information content (AvgIpc) is 3.38. The molecule has 152 valence electrons. The van der Waals surface area contributed by atoms with Crippen molar-refractivity contribution in [3.8, 4) is 0 Å². The van der Waals surface area contributed by atoms with E-state index >= 15 is 0 Å². The van der Waals surface area contributed by atoms with E-state index in [1.165, 1.54) is 18.1 Å². The van der Waals surface area contributed by atoms with E-state index in [1.807, 2.05) is 36.7 Å². The number of fused-ring (bicyclic) bond motifs is 2. The first-order valence-electron chi connectivity index (χ1n) is 10.0. The van der Waals surface area contributed by atoms with Crippen LogP contribution in [0.4, 0.5) is 5.69 Å². The highest BCUT2D eigenvalue weighted by Crippen LogP contribution is 2.27. The molecular formula is C22H23N7O. The van der Waals surface area contributed by atoms with Gasteiger partial charge >= 0.3 is 0 Å². The molecule has 8 nitrogen and oxygen atoms in total. The maximum Gasteiger partial charge on any atom is 0.217 e. The SMILES string of the molecule is CC(=O)NCc1cc2c([nH]1)C=C(C1N=C(Nc3ccc4[nH]ncc4c3)C=CN1)CC2. The van der Waals surface area contributed by atoms with Crippen LogP contribution in [0.5, 0.6) is 0 Å². The first-order valence-corrected chi connectivity index (χ1v) is 10.0. The number of amides is 1. The van der Waals surface area contributed by atoms with Gasteiger partial charge in [0.15, 0.2) is 0 Å². The number of aryl methyl sites for hydroxylation is 1. The number of nitrogens with zero attached hydrogens (tertiary/aromatic N) is 2. The highest BCUT2D eigenvalue weighted by Gasteiger charge is 2.21. The summed E-state index contributed by atoms with van der Waals surface area (Å²) in [4.78, 5) is 19.4. The Morgan fingerprint density at radius 2 is 2.20 bits per heavy atom. The number of benzene rings is 1. The van der Waals surface area contributed by atoms with E-state index in [9.17, 15) is 4.79 Å². The number of nitrogens with one attached hydrogen (secondary N) is 5. The largest absolute Gasteiger partial charge is 0.366 e. The van der Waals surface area contributed by atoms with Crippen molar-refractivity contribution in [2.24, 2.45) is 4.99 Å². The molecule has 8 heteroatoms. The predicted molar refractivity (Wildman–Crippen MR) is 118 cm³/mol. The van der Waals surface area contributed by atoms with Crippen LogP contribution in [0.25, 0.3) is 17.0 Å². The standard InChI is InChI=1S/C22H23N7O/c1-13(30)24-12-18-8-14-2-3-15(10-20(14)26-18)22-23-7-6-21(28-22)27-17-4-5-19-16(9-17)11-25-29-19/h4-11,22-23,26H,2-3,12H2,1H3,(H,24,30)(H,25,29)(H,27,28). The summed E-state index contributed by atoms with van der Waals surface area (Å²) in [6.07, 6.45) is 9.64. The number of anilines is 1. The number of rotatable bonds is 4. The Hall–Kier alpha value is -3.81. The first kappa shape index (κ1) is 18.2. The van der Waals surface area contributed by atoms with Gasteiger partial charge in [0.25, 0.3) is 0 Å². The molecule has 3 heterocycles. The lowest BCUT2D eigenvalue weighted by Crippen LogP contribution is -2.31. The smallest absolute Gasteiger partial charge is 0.217 e. The highest BCUT2D eigenvalue weighted by atomic mass is 16.1. The Kier molecular flexibility index (Phi) is 4.59. The Labute approximate surface area is 173 Å². The van der Waals surface area contributed by atoms with Crippen LogP contribution in [-0.4, -0.2) is 33.1 Å². The lowest BCUT2D eigenvalue weighted by Gasteiger charge is -2.24. The molecule has 0 fully saturated rings. The maximum atomic E-state index is 11.2. The second kappa shape index (κ2) is 7.55. The van der Waals surface area contributed by atoms with Crippen LogP contribution in [0.1, 0.15) is 30.3 Å². The zero-order valence-electron chi connectivity index (χ0n) is 16.6. The number of aromatic amines is 2. The van der Waals surface area contributed by atoms with Gasteiger partial charge in [-0.3, -0.25) is 9.89 Å². The molecule has 0 saturated heterocycles. The molecular weight excluding hydrogens is 378 g/mol. The number of hydrogen-bond donors (Lipinski definition) is 5. The molecule has 3 aromatic rings. The van der Waals surface area contributed by atoms with Gasteiger partial charge in [0.2, 0.25) is 5.91 Å². The fourth-order valence-corrected chi connectivity index (χ4v) is 3.85. The summed E-state index contributed by atoms with van der Waals surface area (Å²) in [5.74, 6) is 0.782. The lowest BCUT2D eigenvalue weighted by molar-refractivity contribution is -0.119. The summed E-state index contributed by atoms with van der Waals surface area (Å²) in [6.45, 7) is 2.04. The van der Waals surface area contributed by atoms with Crippen molar-refractivity contribution >= 4 is 34.4 Å². The van der Waals surface area contributed by atoms with E-state index < -0.39 is 0 Å². The van der Waals surface area contributed by atoms with Gasteiger partial charge < -0.3 is 20.9 Å². The summed E-state index contributed by atoms with van der Waals surface area (Å²) < 4.78 is 0. The van der Waals surface area contributed by atoms with Crippen molar-refractivity contribution in [3.63, 3.8) is 0 Å². The van der Waals surface area contributed by atoms with Crippen LogP contribution in [0.3, 0.4) is 0 Å². The minimum Gasteiger partial charge on any atom is -0.366 e. The minimum absolute atomic E-state index is 0.0294. The van der Waals surface area contributed by atoms with Crippen LogP contribution in [0, 0.1) is 0 Å². The van der Waals surface area contributed by atoms with E-state index in [4.69, 9.17) is 4.99 Å². The van der Waals surface area contributed by atoms with Gasteiger partial charge in [0.05, 0.1) is 18.3 Å². The topological polar surface area (TPSA) is 110 Å². The molecule has 1 amide bonds. The lowest BCUT2D eigenvalue weighted by atomic mass is 9.95. The van der Waals surface area contributed by atoms with E-state index in [0.29, 0.717) is 6.54 Å². The second-order valence-corrected chi connectivity index (χ2v) is 7.58. The molecule has 2 aliphatic rings. The Balaban J connectivity index is 1.33. The third-order valence-electron chi connectivity index (χ3n) is 5.36. The normalized spacial score (nSPS) is 17.7. The molecule has 30 heavy (non-hydrogen) atoms. The van der Waals surface area contributed by atoms with Gasteiger partial charge in [0, 0.05) is 35.6 Å². The zero-order valence-corrected chi connectivity index (χ0v) is 16.6. The summed E-state index contributed by atoms with van der Waals surface area (Å²) >= 11 is 0. The van der Waals surface area contributed by atoms with Crippen molar-refractivity contribution in [1.29, 1.82) is 0 Å². The van der Waals surface area contributed by atoms with Gasteiger partial charge in [-0.1, -0.05) is 0 Å². The van der Waals surface area contributed by atoms with Gasteiger partial charge in [-0.15, -0.1) is 0 Å². The fraction of sp³-hybridized carbons (Fsp3) is 0.227. The molecule has 0 radical (unpaired) electrons. The molecule has 5 rings (SSSR count). The number of carbonyl (C=O) groups excluding carboxylic acids is 1. The Morgan fingerprint density at radius 1 is 1.27 bits per heavy atom. The zero-order chi connectivity index (χ0) is 20.5. The number of aliphatic imine (C=N–C) groups is 1. The molecule has 1 aliphatic carbocycles. The molecule has 1 atom stereocenters. The molecule has 2 aromatic heterocycles. The van der Waals surface area contributed by atoms with Gasteiger partial charge in [-0.05, 0) is 60.4 Å². The maximum absolute atomic E-state index is 11.2. The van der Waals surface area contributed by atoms with Crippen LogP contribution >= 0.6 is 0 Å². The quantitative estimate of drug-likeness (QED) is 0.463. The van der Waals surface area contributed by atoms with Gasteiger partial charge in [-0.2, -0.15) is 5.10 Å². The summed E-state index contributed by atoms with van der Waals surface area (Å²) in [6, 6.07) is 8.20. The van der Waals surface area contributed by atoms with E-state index in [1.54, 1.807) is 0 Å². The van der Waals surface area contributed by atoms with E-state index in [2.05, 4.69) is 43.3 Å². The number of hydrogen-bond acceptors (Lipinski definition) is 5. The number of aromatic nitrogens is 3. The molecule has 1 aromatic carbocycles. The van der Waals surface area contributed by atoms with Crippen molar-refractivity contribution < 1.29 is 4.79 Å². The van der Waals surface area contributed by atoms with E-state index in [0.717, 1.165) is 46.7 Å². The third-order valence-corrected chi connectivity index (χ3v) is 5.36. The Bertz CT molecular complexity index is 1200. The summed E-state index contributed by atoms with van der Waals surface area (Å²) in [7, 11) is 0. The number of carbonyl (C=O) groups is 1. The second-order valence-electron chi connectivity index (χ2n) is 7.58. The third kappa shape index (κ3) is 3.71. The van der Waals surface area contributed by atoms with Gasteiger partial charge in [0.1, 0.15) is 12.0 Å². The van der Waals surface area contributed by atoms with Crippen LogP contribution < -0.4 is 16.0 Å². The summed E-state index contributed by atoms with van der Waals surface area (Å²) in [5.41, 5.74) is 6.60. The van der Waals surface area contributed by atoms with Crippen LogP contribution in [0.2, 0.25) is 0 Å². The molecule has 5 N–H and O–H groups in total. The molecule has 0 bridgehead atoms. The first-order chi connectivity index (χ1) is 14.6. The van der Waals surface area contributed by atoms with E-state index in [-0.39, 0.29) is 12.1 Å². The van der Waals surface area contributed by atoms with Crippen LogP contribution in [0.15, 0.2) is 53.3 Å². The monoisotopic (exact) mass is 401 g/mol. The highest BCUT2D eigenvalue weighted by molar-refractivity contribution is 6.05. The van der Waals surface area contributed by atoms with Crippen molar-refractivity contribution in [2.75, 3.05) is 5.32 Å². The molecule has 0 spiro atoms. The number of amidine groups is 1. The van der Waals surface area contributed by atoms with Crippen molar-refractivity contribution in [3.05, 3.63) is 65.3 Å². The minimum atomic E-state index is -0.106. The Morgan fingerprint density at radius 3 is 3.10 bits per heavy atom. The predicted octanol–water partition coefficient (Wildman–Crippen LogP) is 2.81. The molecule has 1 aliphatic heterocycles. The van der Waals surface area contributed by atoms with Crippen molar-refractivity contribution in [2.45, 2.75) is 32.5 Å². The molecule has 1 unspecified atom stereocenters. The summed E-state index contributed by atoms with van der Waals surface area (Å²) in [5, 5.41) is 17.7. The van der Waals surface area contributed by atoms with Gasteiger partial charge in [-0.25, -0.2) is 4.99 Å². The number of H-pyrrole nitrogens is 2. The van der Waals surface area contributed by atoms with Crippen molar-refractivity contribution in [1.82, 2.24) is 25.8 Å². The molecule has 0 saturated carbocycles. The van der Waals surface area contributed by atoms with Crippen LogP contribution in [-0.2, 0) is 17.8 Å². The average molecular weight is 401 g/mol. The fourth-order valence-electron chi connectivity index (χ4n) is 3.85.